The molecule has 0 aliphatic heterocycles. The number of aryl methyl sites for hydroxylation is 2. The molecule has 4 rings (SSSR count). The van der Waals surface area contributed by atoms with Gasteiger partial charge in [0.25, 0.3) is 0 Å². The number of benzene rings is 1. The summed E-state index contributed by atoms with van der Waals surface area (Å²) in [4.78, 5) is 0. The van der Waals surface area contributed by atoms with Gasteiger partial charge in [-0.15, -0.1) is 0 Å². The zero-order chi connectivity index (χ0) is 16.4. The maximum Gasteiger partial charge on any atom is -0.0128 e. The number of hydrogen-bond donors (Lipinski definition) is 0. The van der Waals surface area contributed by atoms with Gasteiger partial charge < -0.3 is 0 Å². The molecule has 0 N–H and O–H groups in total. The van der Waals surface area contributed by atoms with Gasteiger partial charge in [-0.1, -0.05) is 58.7 Å². The predicted molar refractivity (Wildman–Crippen MR) is 101 cm³/mol. The van der Waals surface area contributed by atoms with Crippen molar-refractivity contribution < 1.29 is 0 Å². The van der Waals surface area contributed by atoms with E-state index in [4.69, 9.17) is 0 Å². The summed E-state index contributed by atoms with van der Waals surface area (Å²) in [7, 11) is 0. The van der Waals surface area contributed by atoms with E-state index >= 15 is 0 Å². The average molecular weight is 313 g/mol. The van der Waals surface area contributed by atoms with Crippen molar-refractivity contribution in [1.82, 2.24) is 0 Å². The van der Waals surface area contributed by atoms with Crippen molar-refractivity contribution >= 4 is 0 Å². The lowest BCUT2D eigenvalue weighted by Crippen LogP contribution is -2.39. The van der Waals surface area contributed by atoms with Crippen LogP contribution in [0.3, 0.4) is 0 Å². The van der Waals surface area contributed by atoms with E-state index in [1.807, 2.05) is 0 Å². The van der Waals surface area contributed by atoms with Crippen molar-refractivity contribution in [2.75, 3.05) is 0 Å². The Bertz CT molecular complexity index is 529. The molecule has 2 fully saturated rings. The van der Waals surface area contributed by atoms with E-state index < -0.39 is 0 Å². The van der Waals surface area contributed by atoms with Crippen molar-refractivity contribution in [2.45, 2.75) is 91.4 Å². The molecular weight excluding hydrogens is 276 g/mol. The molecule has 1 aromatic carbocycles. The molecule has 0 heteroatoms. The molecule has 0 heterocycles. The normalized spacial score (nSPS) is 34.7. The quantitative estimate of drug-likeness (QED) is 0.528. The van der Waals surface area contributed by atoms with E-state index in [2.05, 4.69) is 45.9 Å². The molecule has 0 bridgehead atoms. The highest BCUT2D eigenvalue weighted by Gasteiger charge is 2.50. The Balaban J connectivity index is 0.000000485. The molecular formula is C23H36. The minimum Gasteiger partial charge on any atom is -0.0656 e. The number of hydrogen-bond acceptors (Lipinski definition) is 0. The Morgan fingerprint density at radius 2 is 1.83 bits per heavy atom. The Kier molecular flexibility index (Phi) is 5.19. The van der Waals surface area contributed by atoms with Gasteiger partial charge in [0.2, 0.25) is 0 Å². The van der Waals surface area contributed by atoms with Crippen LogP contribution in [0, 0.1) is 17.3 Å². The molecule has 3 aliphatic rings. The van der Waals surface area contributed by atoms with Gasteiger partial charge in [0.1, 0.15) is 0 Å². The largest absolute Gasteiger partial charge is 0.0656 e. The van der Waals surface area contributed by atoms with Crippen LogP contribution in [0.5, 0.6) is 0 Å². The monoisotopic (exact) mass is 312 g/mol. The second kappa shape index (κ2) is 6.99. The van der Waals surface area contributed by atoms with Crippen molar-refractivity contribution in [3.05, 3.63) is 34.9 Å². The first-order valence-electron chi connectivity index (χ1n) is 10.2. The van der Waals surface area contributed by atoms with Crippen molar-refractivity contribution in [3.8, 4) is 0 Å². The standard InChI is InChI=1S/C20H28.C3H8/c1-3-14-6-8-16-15(13-14)7-9-18-17(16)10-12-20(2)11-4-5-19(18)20;1-3-2/h6,8,13,17-19H,3-5,7,9-12H2,1-2H3;3H2,1-2H3/t17?,18?,19?,20-;/m0./s1. The van der Waals surface area contributed by atoms with Crippen LogP contribution >= 0.6 is 0 Å². The minimum absolute atomic E-state index is 0.696. The lowest BCUT2D eigenvalue weighted by molar-refractivity contribution is 0.0598. The number of fused-ring (bicyclic) bond motifs is 5. The molecule has 0 saturated heterocycles. The molecule has 3 unspecified atom stereocenters. The van der Waals surface area contributed by atoms with Gasteiger partial charge in [-0.25, -0.2) is 0 Å². The summed E-state index contributed by atoms with van der Waals surface area (Å²) in [6.45, 7) is 9.12. The highest BCUT2D eigenvalue weighted by molar-refractivity contribution is 5.38. The molecule has 1 aromatic rings. The van der Waals surface area contributed by atoms with Gasteiger partial charge in [0.15, 0.2) is 0 Å². The maximum atomic E-state index is 2.59. The van der Waals surface area contributed by atoms with E-state index in [-0.39, 0.29) is 0 Å². The fourth-order valence-electron chi connectivity index (χ4n) is 5.85. The Hall–Kier alpha value is -0.780. The third kappa shape index (κ3) is 3.11. The molecule has 4 atom stereocenters. The fourth-order valence-corrected chi connectivity index (χ4v) is 5.85. The van der Waals surface area contributed by atoms with Crippen LogP contribution in [0.25, 0.3) is 0 Å². The van der Waals surface area contributed by atoms with E-state index in [0.29, 0.717) is 5.41 Å². The third-order valence-electron chi connectivity index (χ3n) is 6.98. The smallest absolute Gasteiger partial charge is 0.0128 e. The SMILES string of the molecule is CCC.CCc1ccc2c(c1)CCC1C2CC[C@]2(C)CCCC12. The first-order valence-corrected chi connectivity index (χ1v) is 10.2. The van der Waals surface area contributed by atoms with Crippen LogP contribution in [-0.4, -0.2) is 0 Å². The van der Waals surface area contributed by atoms with E-state index in [9.17, 15) is 0 Å². The van der Waals surface area contributed by atoms with Gasteiger partial charge in [0, 0.05) is 0 Å². The van der Waals surface area contributed by atoms with Crippen molar-refractivity contribution in [2.24, 2.45) is 17.3 Å². The lowest BCUT2D eigenvalue weighted by atomic mass is 9.56. The lowest BCUT2D eigenvalue weighted by Gasteiger charge is -2.49. The summed E-state index contributed by atoms with van der Waals surface area (Å²) in [5, 5.41) is 0. The minimum atomic E-state index is 0.696. The zero-order valence-electron chi connectivity index (χ0n) is 15.8. The van der Waals surface area contributed by atoms with Crippen molar-refractivity contribution in [1.29, 1.82) is 0 Å². The molecule has 0 radical (unpaired) electrons. The molecule has 128 valence electrons. The Morgan fingerprint density at radius 1 is 1.04 bits per heavy atom. The molecule has 0 spiro atoms. The van der Waals surface area contributed by atoms with E-state index in [1.54, 1.807) is 11.1 Å². The second-order valence-electron chi connectivity index (χ2n) is 8.59. The summed E-state index contributed by atoms with van der Waals surface area (Å²) in [5.74, 6) is 2.91. The van der Waals surface area contributed by atoms with E-state index in [1.165, 1.54) is 63.4 Å². The van der Waals surface area contributed by atoms with Gasteiger partial charge in [0.05, 0.1) is 0 Å². The first kappa shape index (κ1) is 17.1. The average Bonchev–Trinajstić information content (AvgIpc) is 2.96. The summed E-state index contributed by atoms with van der Waals surface area (Å²) in [6.07, 6.45) is 12.7. The van der Waals surface area contributed by atoms with Crippen LogP contribution in [0.1, 0.15) is 95.2 Å². The third-order valence-corrected chi connectivity index (χ3v) is 6.98. The summed E-state index contributed by atoms with van der Waals surface area (Å²) >= 11 is 0. The molecule has 0 amide bonds. The molecule has 0 aromatic heterocycles. The maximum absolute atomic E-state index is 2.59. The van der Waals surface area contributed by atoms with Gasteiger partial charge in [-0.05, 0) is 84.8 Å². The summed E-state index contributed by atoms with van der Waals surface area (Å²) < 4.78 is 0. The Labute approximate surface area is 144 Å². The van der Waals surface area contributed by atoms with Crippen LogP contribution in [0.15, 0.2) is 18.2 Å². The topological polar surface area (TPSA) is 0 Å². The number of rotatable bonds is 1. The molecule has 3 aliphatic carbocycles. The highest BCUT2D eigenvalue weighted by Crippen LogP contribution is 2.60. The van der Waals surface area contributed by atoms with Crippen LogP contribution in [0.2, 0.25) is 0 Å². The molecule has 23 heavy (non-hydrogen) atoms. The van der Waals surface area contributed by atoms with Crippen LogP contribution < -0.4 is 0 Å². The van der Waals surface area contributed by atoms with Gasteiger partial charge >= 0.3 is 0 Å². The molecule has 0 nitrogen and oxygen atoms in total. The summed E-state index contributed by atoms with van der Waals surface area (Å²) in [6, 6.07) is 7.39. The molecule has 2 saturated carbocycles. The van der Waals surface area contributed by atoms with E-state index in [0.717, 1.165) is 17.8 Å². The fraction of sp³-hybridized carbons (Fsp3) is 0.739. The second-order valence-corrected chi connectivity index (χ2v) is 8.59. The highest BCUT2D eigenvalue weighted by atomic mass is 14.5. The summed E-state index contributed by atoms with van der Waals surface area (Å²) in [5.41, 5.74) is 5.64. The van der Waals surface area contributed by atoms with Gasteiger partial charge in [-0.2, -0.15) is 0 Å². The van der Waals surface area contributed by atoms with Crippen molar-refractivity contribution in [3.63, 3.8) is 0 Å². The zero-order valence-corrected chi connectivity index (χ0v) is 15.8. The Morgan fingerprint density at radius 3 is 2.57 bits per heavy atom. The van der Waals surface area contributed by atoms with Gasteiger partial charge in [-0.3, -0.25) is 0 Å². The first-order chi connectivity index (χ1) is 11.1. The van der Waals surface area contributed by atoms with Crippen LogP contribution in [-0.2, 0) is 12.8 Å². The predicted octanol–water partition coefficient (Wildman–Crippen LogP) is 6.91. The van der Waals surface area contributed by atoms with Crippen LogP contribution in [0.4, 0.5) is 0 Å².